The van der Waals surface area contributed by atoms with Crippen molar-refractivity contribution in [3.8, 4) is 5.75 Å². The molecule has 0 radical (unpaired) electrons. The molecule has 1 rings (SSSR count). The second kappa shape index (κ2) is 5.98. The molecule has 84 valence electrons. The molecule has 1 amide bonds. The number of primary amides is 1. The maximum Gasteiger partial charge on any atom is 0.241 e. The predicted molar refractivity (Wildman–Crippen MR) is 65.4 cm³/mol. The van der Waals surface area contributed by atoms with Crippen molar-refractivity contribution < 1.29 is 9.53 Å². The van der Waals surface area contributed by atoms with Gasteiger partial charge < -0.3 is 10.5 Å². The smallest absolute Gasteiger partial charge is 0.241 e. The number of benzene rings is 1. The van der Waals surface area contributed by atoms with Crippen LogP contribution in [0.1, 0.15) is 5.56 Å². The number of ether oxygens (including phenoxy) is 1. The fraction of sp³-hybridized carbons (Fsp3) is 0.0833. The van der Waals surface area contributed by atoms with E-state index in [1.54, 1.807) is 31.4 Å². The molecule has 0 fully saturated rings. The van der Waals surface area contributed by atoms with E-state index in [0.717, 1.165) is 5.56 Å². The van der Waals surface area contributed by atoms with Crippen LogP contribution in [-0.4, -0.2) is 13.0 Å². The van der Waals surface area contributed by atoms with E-state index >= 15 is 0 Å². The second-order valence-corrected chi connectivity index (χ2v) is 3.42. The van der Waals surface area contributed by atoms with Crippen LogP contribution >= 0.6 is 11.6 Å². The highest BCUT2D eigenvalue weighted by molar-refractivity contribution is 6.32. The van der Waals surface area contributed by atoms with Crippen LogP contribution in [0.4, 0.5) is 0 Å². The number of methoxy groups -OCH3 is 1. The molecule has 1 aromatic carbocycles. The maximum absolute atomic E-state index is 10.4. The zero-order valence-corrected chi connectivity index (χ0v) is 9.57. The first-order valence-electron chi connectivity index (χ1n) is 4.61. The van der Waals surface area contributed by atoms with E-state index in [1.807, 2.05) is 12.1 Å². The van der Waals surface area contributed by atoms with Crippen molar-refractivity contribution in [1.82, 2.24) is 0 Å². The topological polar surface area (TPSA) is 52.3 Å². The Labute approximate surface area is 99.2 Å². The number of hydrogen-bond acceptors (Lipinski definition) is 2. The Morgan fingerprint density at radius 2 is 2.19 bits per heavy atom. The third-order valence-corrected chi connectivity index (χ3v) is 2.18. The van der Waals surface area contributed by atoms with Crippen molar-refractivity contribution in [1.29, 1.82) is 0 Å². The molecule has 1 aromatic rings. The number of rotatable bonds is 4. The van der Waals surface area contributed by atoms with Crippen LogP contribution in [-0.2, 0) is 4.79 Å². The summed E-state index contributed by atoms with van der Waals surface area (Å²) in [7, 11) is 1.58. The van der Waals surface area contributed by atoms with E-state index in [1.165, 1.54) is 6.08 Å². The van der Waals surface area contributed by atoms with E-state index in [2.05, 4.69) is 0 Å². The normalized spacial score (nSPS) is 11.1. The summed E-state index contributed by atoms with van der Waals surface area (Å²) in [6.07, 6.45) is 6.30. The monoisotopic (exact) mass is 237 g/mol. The molecule has 0 bridgehead atoms. The van der Waals surface area contributed by atoms with Crippen molar-refractivity contribution in [3.05, 3.63) is 47.0 Å². The van der Waals surface area contributed by atoms with Gasteiger partial charge >= 0.3 is 0 Å². The van der Waals surface area contributed by atoms with Gasteiger partial charge in [-0.2, -0.15) is 0 Å². The van der Waals surface area contributed by atoms with Gasteiger partial charge in [0.15, 0.2) is 0 Å². The summed E-state index contributed by atoms with van der Waals surface area (Å²) >= 11 is 6.00. The minimum absolute atomic E-state index is 0.481. The fourth-order valence-electron chi connectivity index (χ4n) is 1.08. The molecule has 0 saturated carbocycles. The highest BCUT2D eigenvalue weighted by Crippen LogP contribution is 2.23. The van der Waals surface area contributed by atoms with Crippen LogP contribution in [0.15, 0.2) is 36.4 Å². The van der Waals surface area contributed by atoms with E-state index in [4.69, 9.17) is 22.1 Å². The van der Waals surface area contributed by atoms with Gasteiger partial charge in [-0.1, -0.05) is 29.8 Å². The number of halogens is 1. The summed E-state index contributed by atoms with van der Waals surface area (Å²) in [5, 5.41) is 0.586. The molecule has 0 aromatic heterocycles. The second-order valence-electron chi connectivity index (χ2n) is 3.01. The summed E-state index contributed by atoms with van der Waals surface area (Å²) in [6.45, 7) is 0. The van der Waals surface area contributed by atoms with Crippen LogP contribution in [0.5, 0.6) is 5.75 Å². The molecular formula is C12H12ClNO2. The molecular weight excluding hydrogens is 226 g/mol. The van der Waals surface area contributed by atoms with Gasteiger partial charge in [0.25, 0.3) is 0 Å². The number of amides is 1. The van der Waals surface area contributed by atoms with E-state index in [-0.39, 0.29) is 0 Å². The number of carbonyl (C=O) groups is 1. The van der Waals surface area contributed by atoms with E-state index < -0.39 is 5.91 Å². The first kappa shape index (κ1) is 12.3. The zero-order chi connectivity index (χ0) is 12.0. The molecule has 16 heavy (non-hydrogen) atoms. The molecule has 0 aliphatic heterocycles. The number of nitrogens with two attached hydrogens (primary N) is 1. The number of hydrogen-bond donors (Lipinski definition) is 1. The van der Waals surface area contributed by atoms with Gasteiger partial charge in [-0.3, -0.25) is 4.79 Å². The Morgan fingerprint density at radius 1 is 1.44 bits per heavy atom. The van der Waals surface area contributed by atoms with Gasteiger partial charge in [0.2, 0.25) is 5.91 Å². The molecule has 0 atom stereocenters. The Morgan fingerprint density at radius 3 is 2.75 bits per heavy atom. The first-order valence-corrected chi connectivity index (χ1v) is 4.99. The summed E-state index contributed by atoms with van der Waals surface area (Å²) in [5.74, 6) is 0.223. The maximum atomic E-state index is 10.4. The zero-order valence-electron chi connectivity index (χ0n) is 8.81. The van der Waals surface area contributed by atoms with Crippen molar-refractivity contribution >= 4 is 23.6 Å². The fourth-order valence-corrected chi connectivity index (χ4v) is 1.31. The van der Waals surface area contributed by atoms with E-state index in [0.29, 0.717) is 10.8 Å². The number of allylic oxidation sites excluding steroid dienone is 2. The third-order valence-electron chi connectivity index (χ3n) is 1.86. The van der Waals surface area contributed by atoms with Crippen molar-refractivity contribution in [2.75, 3.05) is 7.11 Å². The Bertz CT molecular complexity index is 439. The van der Waals surface area contributed by atoms with Gasteiger partial charge in [-0.05, 0) is 23.8 Å². The Hall–Kier alpha value is -1.74. The summed E-state index contributed by atoms with van der Waals surface area (Å²) < 4.78 is 5.02. The Kier molecular flexibility index (Phi) is 4.61. The lowest BCUT2D eigenvalue weighted by molar-refractivity contribution is -0.113. The minimum Gasteiger partial charge on any atom is -0.497 e. The molecule has 0 heterocycles. The highest BCUT2D eigenvalue weighted by Gasteiger charge is 1.97. The van der Waals surface area contributed by atoms with Gasteiger partial charge in [-0.25, -0.2) is 0 Å². The number of carbonyl (C=O) groups excluding carboxylic acids is 1. The molecule has 0 aliphatic rings. The minimum atomic E-state index is -0.481. The lowest BCUT2D eigenvalue weighted by Crippen LogP contribution is -2.04. The summed E-state index contributed by atoms with van der Waals surface area (Å²) in [5.41, 5.74) is 5.78. The standard InChI is InChI=1S/C12H12ClNO2/c1-16-10-7-6-9(11(13)8-10)4-2-3-5-12(14)15/h2-8H,1H3,(H2,14,15)/b4-2+,5-3+. The quantitative estimate of drug-likeness (QED) is 0.646. The molecule has 4 heteroatoms. The van der Waals surface area contributed by atoms with Crippen LogP contribution in [0, 0.1) is 0 Å². The van der Waals surface area contributed by atoms with E-state index in [9.17, 15) is 4.79 Å². The van der Waals surface area contributed by atoms with Gasteiger partial charge in [0.05, 0.1) is 12.1 Å². The SMILES string of the molecule is COc1ccc(/C=C/C=C/C(N)=O)c(Cl)c1. The summed E-state index contributed by atoms with van der Waals surface area (Å²) in [6, 6.07) is 5.36. The van der Waals surface area contributed by atoms with Gasteiger partial charge in [0, 0.05) is 6.08 Å². The average Bonchev–Trinajstić information content (AvgIpc) is 2.25. The Balaban J connectivity index is 2.78. The third kappa shape index (κ3) is 3.79. The molecule has 2 N–H and O–H groups in total. The van der Waals surface area contributed by atoms with Gasteiger partial charge in [-0.15, -0.1) is 0 Å². The molecule has 0 unspecified atom stereocenters. The van der Waals surface area contributed by atoms with Crippen LogP contribution in [0.25, 0.3) is 6.08 Å². The molecule has 0 saturated heterocycles. The largest absolute Gasteiger partial charge is 0.497 e. The van der Waals surface area contributed by atoms with Crippen LogP contribution < -0.4 is 10.5 Å². The lowest BCUT2D eigenvalue weighted by Gasteiger charge is -2.02. The first-order chi connectivity index (χ1) is 7.63. The van der Waals surface area contributed by atoms with Crippen LogP contribution in [0.2, 0.25) is 5.02 Å². The highest BCUT2D eigenvalue weighted by atomic mass is 35.5. The molecule has 0 spiro atoms. The lowest BCUT2D eigenvalue weighted by atomic mass is 10.2. The summed E-state index contributed by atoms with van der Waals surface area (Å²) in [4.78, 5) is 10.4. The van der Waals surface area contributed by atoms with Crippen LogP contribution in [0.3, 0.4) is 0 Å². The van der Waals surface area contributed by atoms with Gasteiger partial charge in [0.1, 0.15) is 5.75 Å². The average molecular weight is 238 g/mol. The predicted octanol–water partition coefficient (Wildman–Crippen LogP) is 2.40. The van der Waals surface area contributed by atoms with Crippen molar-refractivity contribution in [2.24, 2.45) is 5.73 Å². The molecule has 3 nitrogen and oxygen atoms in total. The van der Waals surface area contributed by atoms with Crippen molar-refractivity contribution in [3.63, 3.8) is 0 Å². The van der Waals surface area contributed by atoms with Crippen molar-refractivity contribution in [2.45, 2.75) is 0 Å². The molecule has 0 aliphatic carbocycles.